The molecule has 1 aromatic heterocycles. The quantitative estimate of drug-likeness (QED) is 0.496. The summed E-state index contributed by atoms with van der Waals surface area (Å²) in [6, 6.07) is 9.07. The van der Waals surface area contributed by atoms with E-state index in [0.717, 1.165) is 4.90 Å². The second-order valence-corrected chi connectivity index (χ2v) is 5.28. The maximum Gasteiger partial charge on any atom is 0.335 e. The molecule has 3 rings (SSSR count). The number of furan rings is 1. The molecule has 1 saturated heterocycles. The smallest absolute Gasteiger partial charge is 0.335 e. The predicted molar refractivity (Wildman–Crippen MR) is 89.5 cm³/mol. The van der Waals surface area contributed by atoms with Gasteiger partial charge in [0.2, 0.25) is 0 Å². The Bertz CT molecular complexity index is 892. The number of carboxylic acid groups (broad SMARTS) is 1. The fraction of sp³-hybridized carbons (Fsp3) is 0.0556. The molecule has 126 valence electrons. The van der Waals surface area contributed by atoms with Gasteiger partial charge < -0.3 is 14.8 Å². The normalized spacial score (nSPS) is 15.5. The van der Waals surface area contributed by atoms with Gasteiger partial charge in [0, 0.05) is 18.2 Å². The number of aromatic carboxylic acids is 1. The Balaban J connectivity index is 1.82. The molecule has 1 aromatic carbocycles. The third-order valence-electron chi connectivity index (χ3n) is 3.60. The largest absolute Gasteiger partial charge is 0.478 e. The van der Waals surface area contributed by atoms with E-state index in [9.17, 15) is 14.4 Å². The average Bonchev–Trinajstić information content (AvgIpc) is 3.16. The number of urea groups is 1. The molecule has 0 aliphatic carbocycles. The summed E-state index contributed by atoms with van der Waals surface area (Å²) in [4.78, 5) is 35.7. The van der Waals surface area contributed by atoms with Gasteiger partial charge in [-0.3, -0.25) is 9.69 Å². The maximum atomic E-state index is 12.1. The van der Waals surface area contributed by atoms with Crippen molar-refractivity contribution >= 4 is 24.0 Å². The number of carbonyl (C=O) groups is 3. The molecule has 0 saturated carbocycles. The van der Waals surface area contributed by atoms with E-state index in [1.165, 1.54) is 24.3 Å². The molecular weight excluding hydrogens is 324 g/mol. The summed E-state index contributed by atoms with van der Waals surface area (Å²) in [7, 11) is 0. The summed E-state index contributed by atoms with van der Waals surface area (Å²) in [5.74, 6) is -0.547. The van der Waals surface area contributed by atoms with Crippen LogP contribution < -0.4 is 5.32 Å². The van der Waals surface area contributed by atoms with Crippen molar-refractivity contribution in [1.29, 1.82) is 0 Å². The van der Waals surface area contributed by atoms with Crippen molar-refractivity contribution in [2.24, 2.45) is 0 Å². The van der Waals surface area contributed by atoms with Crippen molar-refractivity contribution in [3.05, 3.63) is 66.1 Å². The summed E-state index contributed by atoms with van der Waals surface area (Å²) < 4.78 is 5.64. The van der Waals surface area contributed by atoms with Crippen LogP contribution in [0.2, 0.25) is 0 Å². The first-order valence-corrected chi connectivity index (χ1v) is 7.38. The Hall–Kier alpha value is -3.61. The molecule has 2 N–H and O–H groups in total. The van der Waals surface area contributed by atoms with Gasteiger partial charge in [-0.1, -0.05) is 18.2 Å². The first-order chi connectivity index (χ1) is 12.0. The molecular formula is C18H14N2O5. The molecule has 25 heavy (non-hydrogen) atoms. The number of rotatable bonds is 5. The lowest BCUT2D eigenvalue weighted by atomic mass is 10.1. The van der Waals surface area contributed by atoms with E-state index >= 15 is 0 Å². The van der Waals surface area contributed by atoms with Gasteiger partial charge in [-0.25, -0.2) is 9.59 Å². The number of nitrogens with zero attached hydrogens (tertiary/aromatic N) is 1. The minimum absolute atomic E-state index is 0.119. The second-order valence-electron chi connectivity index (χ2n) is 5.28. The molecule has 0 bridgehead atoms. The van der Waals surface area contributed by atoms with E-state index < -0.39 is 17.9 Å². The van der Waals surface area contributed by atoms with E-state index in [0.29, 0.717) is 17.1 Å². The maximum absolute atomic E-state index is 12.1. The summed E-state index contributed by atoms with van der Waals surface area (Å²) in [6.45, 7) is 3.63. The van der Waals surface area contributed by atoms with E-state index in [1.54, 1.807) is 24.3 Å². The molecule has 1 aliphatic heterocycles. The highest BCUT2D eigenvalue weighted by Gasteiger charge is 2.32. The zero-order chi connectivity index (χ0) is 18.0. The van der Waals surface area contributed by atoms with Crippen LogP contribution in [0.3, 0.4) is 0 Å². The van der Waals surface area contributed by atoms with Crippen molar-refractivity contribution in [2.45, 2.75) is 0 Å². The minimum Gasteiger partial charge on any atom is -0.478 e. The van der Waals surface area contributed by atoms with Crippen molar-refractivity contribution in [1.82, 2.24) is 10.2 Å². The fourth-order valence-corrected chi connectivity index (χ4v) is 2.37. The predicted octanol–water partition coefficient (Wildman–Crippen LogP) is 2.72. The van der Waals surface area contributed by atoms with Crippen LogP contribution in [0, 0.1) is 0 Å². The number of hydrogen-bond donors (Lipinski definition) is 2. The lowest BCUT2D eigenvalue weighted by molar-refractivity contribution is -0.122. The standard InChI is InChI=1S/C18H14N2O5/c1-2-9-20-16(21)14(19-18(20)24)10-13-7-8-15(25-13)11-3-5-12(6-4-11)17(22)23/h2-8,10H,1,9H2,(H,19,24)(H,22,23)/b14-10+. The zero-order valence-corrected chi connectivity index (χ0v) is 13.1. The number of carbonyl (C=O) groups excluding carboxylic acids is 2. The molecule has 2 aromatic rings. The number of imide groups is 1. The Labute approximate surface area is 142 Å². The number of amides is 3. The SMILES string of the molecule is C=CCN1C(=O)N/C(=C/c2ccc(-c3ccc(C(=O)O)cc3)o2)C1=O. The Morgan fingerprint density at radius 2 is 1.92 bits per heavy atom. The van der Waals surface area contributed by atoms with Crippen LogP contribution in [0.4, 0.5) is 4.79 Å². The molecule has 0 radical (unpaired) electrons. The zero-order valence-electron chi connectivity index (χ0n) is 13.1. The topological polar surface area (TPSA) is 99.8 Å². The van der Waals surface area contributed by atoms with Crippen LogP contribution in [-0.2, 0) is 4.79 Å². The van der Waals surface area contributed by atoms with Gasteiger partial charge in [-0.2, -0.15) is 0 Å². The molecule has 7 heteroatoms. The minimum atomic E-state index is -1.00. The first kappa shape index (κ1) is 16.3. The Kier molecular flexibility index (Phi) is 4.21. The van der Waals surface area contributed by atoms with E-state index in [2.05, 4.69) is 11.9 Å². The monoisotopic (exact) mass is 338 g/mol. The summed E-state index contributed by atoms with van der Waals surface area (Å²) in [6.07, 6.45) is 2.91. The first-order valence-electron chi connectivity index (χ1n) is 7.38. The van der Waals surface area contributed by atoms with Crippen LogP contribution in [0.15, 0.2) is 59.2 Å². The van der Waals surface area contributed by atoms with Crippen molar-refractivity contribution in [3.63, 3.8) is 0 Å². The lowest BCUT2D eigenvalue weighted by Gasteiger charge is -2.06. The van der Waals surface area contributed by atoms with Crippen molar-refractivity contribution in [2.75, 3.05) is 6.54 Å². The highest BCUT2D eigenvalue weighted by molar-refractivity contribution is 6.13. The highest BCUT2D eigenvalue weighted by Crippen LogP contribution is 2.24. The lowest BCUT2D eigenvalue weighted by Crippen LogP contribution is -2.30. The van der Waals surface area contributed by atoms with E-state index in [-0.39, 0.29) is 17.8 Å². The van der Waals surface area contributed by atoms with Gasteiger partial charge in [0.15, 0.2) is 0 Å². The molecule has 2 heterocycles. The van der Waals surface area contributed by atoms with Crippen LogP contribution in [0.5, 0.6) is 0 Å². The molecule has 0 unspecified atom stereocenters. The van der Waals surface area contributed by atoms with Gasteiger partial charge in [0.05, 0.1) is 5.56 Å². The van der Waals surface area contributed by atoms with Gasteiger partial charge in [-0.15, -0.1) is 6.58 Å². The molecule has 3 amide bonds. The number of nitrogens with one attached hydrogen (secondary N) is 1. The van der Waals surface area contributed by atoms with Crippen LogP contribution in [-0.4, -0.2) is 34.5 Å². The molecule has 7 nitrogen and oxygen atoms in total. The summed E-state index contributed by atoms with van der Waals surface area (Å²) in [5.41, 5.74) is 0.998. The van der Waals surface area contributed by atoms with Crippen LogP contribution in [0.1, 0.15) is 16.1 Å². The number of carboxylic acids is 1. The molecule has 0 atom stereocenters. The Morgan fingerprint density at radius 1 is 1.20 bits per heavy atom. The Morgan fingerprint density at radius 3 is 2.56 bits per heavy atom. The summed E-state index contributed by atoms with van der Waals surface area (Å²) in [5, 5.41) is 11.4. The second kappa shape index (κ2) is 6.48. The highest BCUT2D eigenvalue weighted by atomic mass is 16.4. The fourth-order valence-electron chi connectivity index (χ4n) is 2.37. The van der Waals surface area contributed by atoms with E-state index in [4.69, 9.17) is 9.52 Å². The third-order valence-corrected chi connectivity index (χ3v) is 3.60. The average molecular weight is 338 g/mol. The van der Waals surface area contributed by atoms with Gasteiger partial charge >= 0.3 is 12.0 Å². The van der Waals surface area contributed by atoms with Gasteiger partial charge in [-0.05, 0) is 24.3 Å². The number of benzene rings is 1. The van der Waals surface area contributed by atoms with E-state index in [1.807, 2.05) is 0 Å². The van der Waals surface area contributed by atoms with Gasteiger partial charge in [0.1, 0.15) is 17.2 Å². The summed E-state index contributed by atoms with van der Waals surface area (Å²) >= 11 is 0. The third kappa shape index (κ3) is 3.20. The van der Waals surface area contributed by atoms with Crippen LogP contribution >= 0.6 is 0 Å². The van der Waals surface area contributed by atoms with Crippen molar-refractivity contribution < 1.29 is 23.9 Å². The molecule has 1 fully saturated rings. The molecule has 1 aliphatic rings. The number of hydrogen-bond acceptors (Lipinski definition) is 4. The van der Waals surface area contributed by atoms with Crippen LogP contribution in [0.25, 0.3) is 17.4 Å². The van der Waals surface area contributed by atoms with Crippen molar-refractivity contribution in [3.8, 4) is 11.3 Å². The van der Waals surface area contributed by atoms with Gasteiger partial charge in [0.25, 0.3) is 5.91 Å². The molecule has 0 spiro atoms.